The maximum absolute atomic E-state index is 13.3. The Morgan fingerprint density at radius 2 is 2.00 bits per heavy atom. The predicted octanol–water partition coefficient (Wildman–Crippen LogP) is 3.83. The van der Waals surface area contributed by atoms with Crippen LogP contribution in [0, 0.1) is 5.92 Å². The summed E-state index contributed by atoms with van der Waals surface area (Å²) in [6.07, 6.45) is 4.87. The van der Waals surface area contributed by atoms with Crippen LogP contribution in [0.5, 0.6) is 0 Å². The Hall–Kier alpha value is -2.14. The van der Waals surface area contributed by atoms with Crippen LogP contribution in [-0.2, 0) is 9.53 Å². The van der Waals surface area contributed by atoms with E-state index in [1.807, 2.05) is 24.3 Å². The van der Waals surface area contributed by atoms with Gasteiger partial charge in [0.2, 0.25) is 0 Å². The highest BCUT2D eigenvalue weighted by molar-refractivity contribution is 6.34. The number of aromatic nitrogens is 1. The van der Waals surface area contributed by atoms with E-state index in [2.05, 4.69) is 4.98 Å². The van der Waals surface area contributed by atoms with Crippen LogP contribution in [0.4, 0.5) is 0 Å². The van der Waals surface area contributed by atoms with Crippen molar-refractivity contribution >= 4 is 34.2 Å². The van der Waals surface area contributed by atoms with Crippen LogP contribution >= 0.6 is 11.6 Å². The summed E-state index contributed by atoms with van der Waals surface area (Å²) in [5, 5.41) is 1.98. The molecule has 0 N–H and O–H groups in total. The first-order valence-corrected chi connectivity index (χ1v) is 9.43. The maximum Gasteiger partial charge on any atom is 0.328 e. The topological polar surface area (TPSA) is 59.5 Å². The van der Waals surface area contributed by atoms with Gasteiger partial charge < -0.3 is 9.64 Å². The number of carbonyl (C=O) groups is 2. The van der Waals surface area contributed by atoms with Crippen molar-refractivity contribution in [2.45, 2.75) is 44.2 Å². The van der Waals surface area contributed by atoms with Crippen molar-refractivity contribution in [3.05, 3.63) is 41.2 Å². The highest BCUT2D eigenvalue weighted by atomic mass is 35.5. The zero-order chi connectivity index (χ0) is 18.3. The molecule has 1 aliphatic heterocycles. The molecule has 2 fully saturated rings. The molecule has 1 amide bonds. The number of pyridine rings is 1. The third-order valence-corrected chi connectivity index (χ3v) is 6.00. The predicted molar refractivity (Wildman–Crippen MR) is 99.1 cm³/mol. The fourth-order valence-electron chi connectivity index (χ4n) is 4.50. The minimum Gasteiger partial charge on any atom is -0.467 e. The van der Waals surface area contributed by atoms with Crippen molar-refractivity contribution in [1.82, 2.24) is 9.88 Å². The molecule has 3 atom stereocenters. The summed E-state index contributed by atoms with van der Waals surface area (Å²) < 4.78 is 4.97. The Morgan fingerprint density at radius 3 is 2.81 bits per heavy atom. The number of methoxy groups -OCH3 is 1. The Kier molecular flexibility index (Phi) is 4.57. The molecule has 1 aromatic carbocycles. The lowest BCUT2D eigenvalue weighted by Gasteiger charge is -2.33. The number of hydrogen-bond acceptors (Lipinski definition) is 4. The summed E-state index contributed by atoms with van der Waals surface area (Å²) in [7, 11) is 1.37. The fourth-order valence-corrected chi connectivity index (χ4v) is 4.76. The number of likely N-dealkylation sites (tertiary alicyclic amines) is 1. The van der Waals surface area contributed by atoms with E-state index in [0.717, 1.165) is 36.5 Å². The fraction of sp³-hybridized carbons (Fsp3) is 0.450. The number of nitrogens with zero attached hydrogens (tertiary/aromatic N) is 2. The lowest BCUT2D eigenvalue weighted by Crippen LogP contribution is -2.46. The van der Waals surface area contributed by atoms with Gasteiger partial charge in [-0.1, -0.05) is 48.7 Å². The number of ether oxygens (including phenoxy) is 1. The van der Waals surface area contributed by atoms with Gasteiger partial charge in [-0.2, -0.15) is 0 Å². The van der Waals surface area contributed by atoms with Crippen LogP contribution in [0.25, 0.3) is 10.8 Å². The standard InChI is InChI=1S/C20H21ClN2O3/c1-26-20(25)17-11-13-7-3-5-9-16(13)23(17)19(24)15-10-12-6-2-4-8-14(12)18(21)22-15/h2,4,6,8,10,13,16-17H,3,5,7,9,11H2,1H3. The number of esters is 1. The maximum atomic E-state index is 13.3. The van der Waals surface area contributed by atoms with Gasteiger partial charge in [0.1, 0.15) is 16.9 Å². The first-order chi connectivity index (χ1) is 12.6. The summed E-state index contributed by atoms with van der Waals surface area (Å²) in [5.74, 6) is -0.227. The molecule has 6 heteroatoms. The van der Waals surface area contributed by atoms with Crippen molar-refractivity contribution < 1.29 is 14.3 Å². The molecule has 1 aliphatic carbocycles. The van der Waals surface area contributed by atoms with Crippen LogP contribution in [0.2, 0.25) is 5.15 Å². The monoisotopic (exact) mass is 372 g/mol. The van der Waals surface area contributed by atoms with Gasteiger partial charge in [-0.25, -0.2) is 9.78 Å². The molecule has 136 valence electrons. The third-order valence-electron chi connectivity index (χ3n) is 5.71. The van der Waals surface area contributed by atoms with E-state index in [0.29, 0.717) is 17.5 Å². The SMILES string of the molecule is COC(=O)C1CC2CCCCC2N1C(=O)c1cc2ccccc2c(Cl)n1. The number of fused-ring (bicyclic) bond motifs is 2. The zero-order valence-electron chi connectivity index (χ0n) is 14.7. The minimum absolute atomic E-state index is 0.0763. The first-order valence-electron chi connectivity index (χ1n) is 9.06. The third kappa shape index (κ3) is 2.84. The number of halogens is 1. The Bertz CT molecular complexity index is 869. The van der Waals surface area contributed by atoms with Gasteiger partial charge in [0.05, 0.1) is 7.11 Å². The zero-order valence-corrected chi connectivity index (χ0v) is 15.4. The molecule has 5 nitrogen and oxygen atoms in total. The number of hydrogen-bond donors (Lipinski definition) is 0. The molecule has 3 unspecified atom stereocenters. The van der Waals surface area contributed by atoms with E-state index in [-0.39, 0.29) is 23.6 Å². The Balaban J connectivity index is 1.74. The van der Waals surface area contributed by atoms with E-state index in [1.165, 1.54) is 7.11 Å². The number of benzene rings is 1. The second-order valence-electron chi connectivity index (χ2n) is 7.12. The van der Waals surface area contributed by atoms with E-state index < -0.39 is 6.04 Å². The second-order valence-corrected chi connectivity index (χ2v) is 7.48. The van der Waals surface area contributed by atoms with Crippen molar-refractivity contribution in [1.29, 1.82) is 0 Å². The lowest BCUT2D eigenvalue weighted by atomic mass is 9.84. The molecule has 2 aliphatic rings. The number of amides is 1. The second kappa shape index (κ2) is 6.88. The van der Waals surface area contributed by atoms with E-state index in [9.17, 15) is 9.59 Å². The molecule has 1 saturated heterocycles. The molecule has 0 radical (unpaired) electrons. The molecule has 1 aromatic heterocycles. The van der Waals surface area contributed by atoms with Crippen molar-refractivity contribution in [2.75, 3.05) is 7.11 Å². The van der Waals surface area contributed by atoms with Crippen LogP contribution in [0.3, 0.4) is 0 Å². The average Bonchev–Trinajstić information content (AvgIpc) is 3.06. The number of rotatable bonds is 2. The molecule has 1 saturated carbocycles. The van der Waals surface area contributed by atoms with Crippen LogP contribution in [0.15, 0.2) is 30.3 Å². The largest absolute Gasteiger partial charge is 0.467 e. The molecule has 2 heterocycles. The summed E-state index contributed by atoms with van der Waals surface area (Å²) in [5.41, 5.74) is 0.286. The Labute approximate surface area is 157 Å². The smallest absolute Gasteiger partial charge is 0.328 e. The van der Waals surface area contributed by atoms with Gasteiger partial charge in [-0.3, -0.25) is 4.79 Å². The van der Waals surface area contributed by atoms with Crippen LogP contribution in [0.1, 0.15) is 42.6 Å². The molecular weight excluding hydrogens is 352 g/mol. The molecule has 2 aromatic rings. The van der Waals surface area contributed by atoms with Gasteiger partial charge in [-0.05, 0) is 36.6 Å². The molecule has 4 rings (SSSR count). The molecular formula is C20H21ClN2O3. The quantitative estimate of drug-likeness (QED) is 0.593. The van der Waals surface area contributed by atoms with Gasteiger partial charge in [0, 0.05) is 11.4 Å². The van der Waals surface area contributed by atoms with E-state index in [4.69, 9.17) is 16.3 Å². The van der Waals surface area contributed by atoms with Gasteiger partial charge in [0.15, 0.2) is 0 Å². The molecule has 0 bridgehead atoms. The van der Waals surface area contributed by atoms with Crippen molar-refractivity contribution in [3.8, 4) is 0 Å². The minimum atomic E-state index is -0.535. The summed E-state index contributed by atoms with van der Waals surface area (Å²) in [6.45, 7) is 0. The van der Waals surface area contributed by atoms with Gasteiger partial charge >= 0.3 is 5.97 Å². The lowest BCUT2D eigenvalue weighted by molar-refractivity contribution is -0.145. The molecule has 0 spiro atoms. The molecule has 26 heavy (non-hydrogen) atoms. The Morgan fingerprint density at radius 1 is 1.23 bits per heavy atom. The van der Waals surface area contributed by atoms with E-state index >= 15 is 0 Å². The first kappa shape index (κ1) is 17.3. The highest BCUT2D eigenvalue weighted by Gasteiger charge is 2.48. The van der Waals surface area contributed by atoms with Crippen LogP contribution < -0.4 is 0 Å². The van der Waals surface area contributed by atoms with E-state index in [1.54, 1.807) is 11.0 Å². The van der Waals surface area contributed by atoms with Gasteiger partial charge in [-0.15, -0.1) is 0 Å². The van der Waals surface area contributed by atoms with Crippen LogP contribution in [-0.4, -0.2) is 41.0 Å². The normalized spacial score (nSPS) is 25.2. The number of carbonyl (C=O) groups excluding carboxylic acids is 2. The van der Waals surface area contributed by atoms with Crippen molar-refractivity contribution in [2.24, 2.45) is 5.92 Å². The summed E-state index contributed by atoms with van der Waals surface area (Å²) in [4.78, 5) is 31.7. The highest BCUT2D eigenvalue weighted by Crippen LogP contribution is 2.41. The van der Waals surface area contributed by atoms with Gasteiger partial charge in [0.25, 0.3) is 5.91 Å². The average molecular weight is 373 g/mol. The summed E-state index contributed by atoms with van der Waals surface area (Å²) in [6, 6.07) is 8.87. The summed E-state index contributed by atoms with van der Waals surface area (Å²) >= 11 is 6.30. The van der Waals surface area contributed by atoms with Crippen molar-refractivity contribution in [3.63, 3.8) is 0 Å².